The van der Waals surface area contributed by atoms with Crippen LogP contribution < -0.4 is 16.0 Å². The lowest BCUT2D eigenvalue weighted by Crippen LogP contribution is -2.54. The summed E-state index contributed by atoms with van der Waals surface area (Å²) in [4.78, 5) is 56.5. The minimum atomic E-state index is -0.983. The molecule has 1 aromatic heterocycles. The van der Waals surface area contributed by atoms with Gasteiger partial charge in [-0.1, -0.05) is 56.7 Å². The average Bonchev–Trinajstić information content (AvgIpc) is 3.69. The van der Waals surface area contributed by atoms with Gasteiger partial charge in [0.2, 0.25) is 11.7 Å². The molecule has 3 amide bonds. The van der Waals surface area contributed by atoms with Crippen LogP contribution in [0.3, 0.4) is 0 Å². The van der Waals surface area contributed by atoms with Gasteiger partial charge in [0.05, 0.1) is 18.3 Å². The lowest BCUT2D eigenvalue weighted by atomic mass is 9.60. The number of nitrogens with zero attached hydrogens (tertiary/aromatic N) is 1. The summed E-state index contributed by atoms with van der Waals surface area (Å²) >= 11 is 0. The molecule has 6 fully saturated rings. The highest BCUT2D eigenvalue weighted by Gasteiger charge is 2.71. The molecule has 1 aromatic carbocycles. The van der Waals surface area contributed by atoms with Crippen molar-refractivity contribution in [3.63, 3.8) is 0 Å². The number of ketones is 1. The molecule has 0 radical (unpaired) electrons. The second-order valence-corrected chi connectivity index (χ2v) is 12.8. The molecule has 0 saturated heterocycles. The van der Waals surface area contributed by atoms with Crippen LogP contribution in [0.5, 0.6) is 0 Å². The van der Waals surface area contributed by atoms with E-state index < -0.39 is 35.8 Å². The zero-order chi connectivity index (χ0) is 29.7. The lowest BCUT2D eigenvalue weighted by Gasteiger charge is -2.45. The molecular weight excluding hydrogens is 532 g/mol. The molecule has 6 aliphatic carbocycles. The Morgan fingerprint density at radius 1 is 0.976 bits per heavy atom. The van der Waals surface area contributed by atoms with Crippen molar-refractivity contribution in [1.29, 1.82) is 0 Å². The first kappa shape index (κ1) is 29.7. The Hall–Kier alpha value is -3.75. The SMILES string of the molecule is CC(C)C[C@H](NC(=O)OCc1ccccc1)C(=O)N[C@@H](CCCC1C2CC13CC2C3)C(=O)C(=O)NCc1ccccn1. The van der Waals surface area contributed by atoms with Crippen LogP contribution in [-0.2, 0) is 32.3 Å². The number of hydrogen-bond acceptors (Lipinski definition) is 6. The highest BCUT2D eigenvalue weighted by molar-refractivity contribution is 6.38. The maximum Gasteiger partial charge on any atom is 0.408 e. The summed E-state index contributed by atoms with van der Waals surface area (Å²) in [5.74, 6) is 0.554. The second kappa shape index (κ2) is 13.0. The molecule has 6 saturated carbocycles. The highest BCUT2D eigenvalue weighted by atomic mass is 16.5. The number of carbonyl (C=O) groups excluding carboxylic acids is 4. The van der Waals surface area contributed by atoms with E-state index in [1.807, 2.05) is 50.2 Å². The van der Waals surface area contributed by atoms with Gasteiger partial charge in [0.25, 0.3) is 5.91 Å². The number of Topliss-reactive ketones (excluding diaryl/α,β-unsaturated/α-hetero) is 1. The van der Waals surface area contributed by atoms with Gasteiger partial charge in [0.1, 0.15) is 12.6 Å². The second-order valence-electron chi connectivity index (χ2n) is 12.8. The summed E-state index contributed by atoms with van der Waals surface area (Å²) < 4.78 is 5.34. The van der Waals surface area contributed by atoms with Gasteiger partial charge < -0.3 is 20.7 Å². The Morgan fingerprint density at radius 3 is 2.38 bits per heavy atom. The van der Waals surface area contributed by atoms with Crippen LogP contribution >= 0.6 is 0 Å². The highest BCUT2D eigenvalue weighted by Crippen LogP contribution is 2.79. The molecule has 3 bridgehead atoms. The first-order chi connectivity index (χ1) is 20.2. The standard InChI is InChI=1S/C33H42N4O5/c1-21(2)15-28(37-32(41)42-20-22-9-4-3-5-10-22)30(39)36-27(13-8-12-26-25-18-33(26)16-23(25)17-33)29(38)31(40)35-19-24-11-6-7-14-34-24/h3-7,9-11,14,21,23,25-28H,8,12-13,15-20H2,1-2H3,(H,35,40)(H,36,39)(H,37,41)/t23?,25?,26?,27-,28-,33?/m0/s1. The predicted molar refractivity (Wildman–Crippen MR) is 157 cm³/mol. The molecule has 1 spiro atoms. The monoisotopic (exact) mass is 574 g/mol. The third kappa shape index (κ3) is 6.82. The lowest BCUT2D eigenvalue weighted by molar-refractivity contribution is -0.140. The molecule has 8 rings (SSSR count). The number of pyridine rings is 1. The van der Waals surface area contributed by atoms with E-state index in [9.17, 15) is 19.2 Å². The van der Waals surface area contributed by atoms with Gasteiger partial charge in [-0.25, -0.2) is 4.79 Å². The summed E-state index contributed by atoms with van der Waals surface area (Å²) in [6, 6.07) is 12.7. The third-order valence-electron chi connectivity index (χ3n) is 9.44. The van der Waals surface area contributed by atoms with Gasteiger partial charge in [0.15, 0.2) is 0 Å². The fourth-order valence-electron chi connectivity index (χ4n) is 7.44. The number of nitrogens with one attached hydrogen (secondary N) is 3. The molecule has 2 aromatic rings. The normalized spacial score (nSPS) is 24.5. The first-order valence-electron chi connectivity index (χ1n) is 15.2. The molecule has 6 aliphatic rings. The number of hydrogen-bond donors (Lipinski definition) is 3. The minimum absolute atomic E-state index is 0.0742. The summed E-state index contributed by atoms with van der Waals surface area (Å²) in [5, 5.41) is 8.13. The van der Waals surface area contributed by atoms with Crippen molar-refractivity contribution >= 4 is 23.7 Å². The molecule has 224 valence electrons. The van der Waals surface area contributed by atoms with Crippen LogP contribution in [0.1, 0.15) is 70.1 Å². The average molecular weight is 575 g/mol. The zero-order valence-electron chi connectivity index (χ0n) is 24.5. The van der Waals surface area contributed by atoms with Crippen LogP contribution in [0.25, 0.3) is 0 Å². The minimum Gasteiger partial charge on any atom is -0.445 e. The fraction of sp³-hybridized carbons (Fsp3) is 0.545. The fourth-order valence-corrected chi connectivity index (χ4v) is 7.44. The Labute approximate surface area is 247 Å². The van der Waals surface area contributed by atoms with Crippen LogP contribution in [0.4, 0.5) is 4.79 Å². The van der Waals surface area contributed by atoms with E-state index in [1.54, 1.807) is 18.3 Å². The van der Waals surface area contributed by atoms with Crippen LogP contribution in [0.2, 0.25) is 0 Å². The molecule has 4 atom stereocenters. The van der Waals surface area contributed by atoms with E-state index in [-0.39, 0.29) is 19.1 Å². The maximum absolute atomic E-state index is 13.5. The number of alkyl carbamates (subject to hydrolysis) is 1. The van der Waals surface area contributed by atoms with Gasteiger partial charge in [0, 0.05) is 6.20 Å². The van der Waals surface area contributed by atoms with Gasteiger partial charge >= 0.3 is 6.09 Å². The summed E-state index contributed by atoms with van der Waals surface area (Å²) in [6.45, 7) is 4.08. The van der Waals surface area contributed by atoms with Crippen molar-refractivity contribution in [2.75, 3.05) is 0 Å². The predicted octanol–water partition coefficient (Wildman–Crippen LogP) is 4.31. The molecule has 0 aliphatic heterocycles. The topological polar surface area (TPSA) is 126 Å². The van der Waals surface area contributed by atoms with Gasteiger partial charge in [-0.3, -0.25) is 19.4 Å². The molecule has 9 heteroatoms. The van der Waals surface area contributed by atoms with Crippen LogP contribution in [0.15, 0.2) is 54.7 Å². The van der Waals surface area contributed by atoms with E-state index in [0.717, 1.165) is 30.2 Å². The van der Waals surface area contributed by atoms with E-state index in [2.05, 4.69) is 20.9 Å². The third-order valence-corrected chi connectivity index (χ3v) is 9.44. The first-order valence-corrected chi connectivity index (χ1v) is 15.2. The number of rotatable bonds is 15. The van der Waals surface area contributed by atoms with Crippen molar-refractivity contribution < 1.29 is 23.9 Å². The number of ether oxygens (including phenoxy) is 1. The van der Waals surface area contributed by atoms with E-state index in [0.29, 0.717) is 29.9 Å². The maximum atomic E-state index is 13.5. The van der Waals surface area contributed by atoms with Crippen molar-refractivity contribution in [1.82, 2.24) is 20.9 Å². The Morgan fingerprint density at radius 2 is 1.74 bits per heavy atom. The number of aromatic nitrogens is 1. The molecule has 3 N–H and O–H groups in total. The quantitative estimate of drug-likeness (QED) is 0.272. The van der Waals surface area contributed by atoms with Crippen molar-refractivity contribution in [2.45, 2.75) is 84.0 Å². The number of carbonyl (C=O) groups is 4. The summed E-state index contributed by atoms with van der Waals surface area (Å²) in [7, 11) is 0. The zero-order valence-corrected chi connectivity index (χ0v) is 24.5. The largest absolute Gasteiger partial charge is 0.445 e. The Bertz CT molecular complexity index is 1260. The molecule has 1 heterocycles. The summed E-state index contributed by atoms with van der Waals surface area (Å²) in [5.41, 5.74) is 2.00. The van der Waals surface area contributed by atoms with Crippen molar-refractivity contribution in [3.05, 3.63) is 66.0 Å². The van der Waals surface area contributed by atoms with Crippen LogP contribution in [-0.4, -0.2) is 40.8 Å². The summed E-state index contributed by atoms with van der Waals surface area (Å²) in [6.07, 6.45) is 7.44. The van der Waals surface area contributed by atoms with E-state index >= 15 is 0 Å². The van der Waals surface area contributed by atoms with Gasteiger partial charge in [-0.15, -0.1) is 0 Å². The van der Waals surface area contributed by atoms with E-state index in [4.69, 9.17) is 4.74 Å². The van der Waals surface area contributed by atoms with Crippen molar-refractivity contribution in [2.24, 2.45) is 29.1 Å². The van der Waals surface area contributed by atoms with Gasteiger partial charge in [-0.05, 0) is 85.3 Å². The Kier molecular flexibility index (Phi) is 9.24. The van der Waals surface area contributed by atoms with Crippen LogP contribution in [0, 0.1) is 29.1 Å². The molecule has 2 unspecified atom stereocenters. The molecule has 42 heavy (non-hydrogen) atoms. The Balaban J connectivity index is 1.19. The van der Waals surface area contributed by atoms with Gasteiger partial charge in [-0.2, -0.15) is 0 Å². The van der Waals surface area contributed by atoms with Crippen molar-refractivity contribution in [3.8, 4) is 0 Å². The molecular formula is C33H42N4O5. The number of benzene rings is 1. The smallest absolute Gasteiger partial charge is 0.408 e. The van der Waals surface area contributed by atoms with E-state index in [1.165, 1.54) is 19.3 Å². The molecule has 9 nitrogen and oxygen atoms in total. The number of amides is 3.